The molecule has 166 valence electrons. The molecule has 0 fully saturated rings. The molecule has 0 aliphatic carbocycles. The van der Waals surface area contributed by atoms with Crippen molar-refractivity contribution >= 4 is 33.2 Å². The highest BCUT2D eigenvalue weighted by molar-refractivity contribution is 7.92. The summed E-state index contributed by atoms with van der Waals surface area (Å²) in [5.41, 5.74) is 1.00. The van der Waals surface area contributed by atoms with E-state index in [9.17, 15) is 18.0 Å². The van der Waals surface area contributed by atoms with Gasteiger partial charge in [0.25, 0.3) is 15.9 Å². The van der Waals surface area contributed by atoms with E-state index >= 15 is 0 Å². The van der Waals surface area contributed by atoms with E-state index in [-0.39, 0.29) is 16.5 Å². The molecule has 1 atom stereocenters. The van der Waals surface area contributed by atoms with Gasteiger partial charge in [0.05, 0.1) is 17.7 Å². The van der Waals surface area contributed by atoms with Crippen LogP contribution in [0.1, 0.15) is 17.3 Å². The fourth-order valence-corrected chi connectivity index (χ4v) is 3.98. The van der Waals surface area contributed by atoms with Gasteiger partial charge >= 0.3 is 0 Å². The molecule has 1 unspecified atom stereocenters. The van der Waals surface area contributed by atoms with Gasteiger partial charge in [-0.25, -0.2) is 8.42 Å². The zero-order chi connectivity index (χ0) is 23.1. The van der Waals surface area contributed by atoms with Crippen molar-refractivity contribution in [3.05, 3.63) is 84.4 Å². The zero-order valence-corrected chi connectivity index (χ0v) is 18.3. The van der Waals surface area contributed by atoms with Gasteiger partial charge in [-0.05, 0) is 49.4 Å². The first-order valence-electron chi connectivity index (χ1n) is 9.73. The summed E-state index contributed by atoms with van der Waals surface area (Å²) < 4.78 is 33.3. The Bertz CT molecular complexity index is 1210. The maximum absolute atomic E-state index is 12.8. The molecule has 3 N–H and O–H groups in total. The van der Waals surface area contributed by atoms with Crippen LogP contribution < -0.4 is 20.1 Å². The van der Waals surface area contributed by atoms with E-state index in [2.05, 4.69) is 15.4 Å². The second-order valence-corrected chi connectivity index (χ2v) is 8.57. The molecule has 9 heteroatoms. The Morgan fingerprint density at radius 2 is 1.59 bits per heavy atom. The number of rotatable bonds is 8. The summed E-state index contributed by atoms with van der Waals surface area (Å²) in [6.45, 7) is 1.54. The summed E-state index contributed by atoms with van der Waals surface area (Å²) in [7, 11) is -2.49. The number of hydrogen-bond donors (Lipinski definition) is 3. The van der Waals surface area contributed by atoms with Crippen molar-refractivity contribution in [1.29, 1.82) is 0 Å². The molecule has 3 aromatic carbocycles. The van der Waals surface area contributed by atoms with Crippen LogP contribution in [0.4, 0.5) is 11.4 Å². The van der Waals surface area contributed by atoms with Crippen LogP contribution in [-0.2, 0) is 14.8 Å². The highest BCUT2D eigenvalue weighted by Crippen LogP contribution is 2.26. The number of ether oxygens (including phenoxy) is 1. The van der Waals surface area contributed by atoms with E-state index in [1.807, 2.05) is 0 Å². The summed E-state index contributed by atoms with van der Waals surface area (Å²) in [5.74, 6) is -0.490. The van der Waals surface area contributed by atoms with Crippen LogP contribution in [0.5, 0.6) is 5.75 Å². The summed E-state index contributed by atoms with van der Waals surface area (Å²) in [6.07, 6.45) is 0. The van der Waals surface area contributed by atoms with Crippen molar-refractivity contribution in [1.82, 2.24) is 5.32 Å². The number of benzene rings is 3. The predicted octanol–water partition coefficient (Wildman–Crippen LogP) is 3.25. The van der Waals surface area contributed by atoms with Gasteiger partial charge in [0.1, 0.15) is 11.8 Å². The fourth-order valence-electron chi connectivity index (χ4n) is 2.86. The standard InChI is InChI=1S/C23H23N3O5S/c1-16(24-23(28)17-9-4-3-5-10-17)22(27)25-18-11-8-12-19(15-18)32(29,30)26-20-13-6-7-14-21(20)31-2/h3-16,26H,1-2H3,(H,24,28)(H,25,27). The summed E-state index contributed by atoms with van der Waals surface area (Å²) in [5, 5.41) is 5.24. The fraction of sp³-hybridized carbons (Fsp3) is 0.130. The van der Waals surface area contributed by atoms with E-state index in [0.29, 0.717) is 17.0 Å². The molecule has 8 nitrogen and oxygen atoms in total. The maximum Gasteiger partial charge on any atom is 0.262 e. The average Bonchev–Trinajstić information content (AvgIpc) is 2.80. The lowest BCUT2D eigenvalue weighted by atomic mass is 10.2. The van der Waals surface area contributed by atoms with Gasteiger partial charge in [-0.3, -0.25) is 14.3 Å². The summed E-state index contributed by atoms with van der Waals surface area (Å²) in [6, 6.07) is 20.1. The van der Waals surface area contributed by atoms with Crippen LogP contribution >= 0.6 is 0 Å². The van der Waals surface area contributed by atoms with E-state index in [1.54, 1.807) is 67.6 Å². The number of sulfonamides is 1. The van der Waals surface area contributed by atoms with Crippen molar-refractivity contribution in [2.45, 2.75) is 17.9 Å². The van der Waals surface area contributed by atoms with E-state index < -0.39 is 22.0 Å². The Morgan fingerprint density at radius 1 is 0.906 bits per heavy atom. The minimum absolute atomic E-state index is 0.0396. The van der Waals surface area contributed by atoms with Gasteiger partial charge in [0.15, 0.2) is 0 Å². The van der Waals surface area contributed by atoms with Crippen LogP contribution in [0, 0.1) is 0 Å². The van der Waals surface area contributed by atoms with Gasteiger partial charge in [0.2, 0.25) is 5.91 Å². The number of methoxy groups -OCH3 is 1. The summed E-state index contributed by atoms with van der Waals surface area (Å²) in [4.78, 5) is 24.7. The molecule has 32 heavy (non-hydrogen) atoms. The second-order valence-electron chi connectivity index (χ2n) is 6.88. The molecule has 3 aromatic rings. The van der Waals surface area contributed by atoms with Gasteiger partial charge in [-0.2, -0.15) is 0 Å². The van der Waals surface area contributed by atoms with Gasteiger partial charge in [-0.1, -0.05) is 36.4 Å². The van der Waals surface area contributed by atoms with Crippen molar-refractivity contribution in [2.24, 2.45) is 0 Å². The maximum atomic E-state index is 12.8. The minimum atomic E-state index is -3.93. The van der Waals surface area contributed by atoms with E-state index in [1.165, 1.54) is 25.3 Å². The van der Waals surface area contributed by atoms with Crippen molar-refractivity contribution < 1.29 is 22.7 Å². The van der Waals surface area contributed by atoms with Crippen LogP contribution in [0.2, 0.25) is 0 Å². The Labute approximate surface area is 186 Å². The number of hydrogen-bond acceptors (Lipinski definition) is 5. The van der Waals surface area contributed by atoms with Crippen molar-refractivity contribution in [2.75, 3.05) is 17.1 Å². The number of anilines is 2. The Balaban J connectivity index is 1.70. The first kappa shape index (κ1) is 22.8. The third-order valence-corrected chi connectivity index (χ3v) is 5.90. The Kier molecular flexibility index (Phi) is 7.11. The molecule has 2 amide bonds. The predicted molar refractivity (Wildman–Crippen MR) is 122 cm³/mol. The highest BCUT2D eigenvalue weighted by atomic mass is 32.2. The largest absolute Gasteiger partial charge is 0.495 e. The monoisotopic (exact) mass is 453 g/mol. The molecular formula is C23H23N3O5S. The van der Waals surface area contributed by atoms with Gasteiger partial charge in [0, 0.05) is 11.3 Å². The van der Waals surface area contributed by atoms with Crippen LogP contribution in [0.3, 0.4) is 0 Å². The molecule has 0 spiro atoms. The van der Waals surface area contributed by atoms with Gasteiger partial charge in [-0.15, -0.1) is 0 Å². The summed E-state index contributed by atoms with van der Waals surface area (Å²) >= 11 is 0. The molecular weight excluding hydrogens is 430 g/mol. The highest BCUT2D eigenvalue weighted by Gasteiger charge is 2.19. The first-order valence-corrected chi connectivity index (χ1v) is 11.2. The first-order chi connectivity index (χ1) is 15.3. The molecule has 0 heterocycles. The van der Waals surface area contributed by atoms with Crippen LogP contribution in [0.15, 0.2) is 83.8 Å². The molecule has 0 radical (unpaired) electrons. The third-order valence-electron chi connectivity index (χ3n) is 4.54. The van der Waals surface area contributed by atoms with E-state index in [0.717, 1.165) is 0 Å². The zero-order valence-electron chi connectivity index (χ0n) is 17.5. The van der Waals surface area contributed by atoms with Crippen molar-refractivity contribution in [3.63, 3.8) is 0 Å². The number of para-hydroxylation sites is 2. The third kappa shape index (κ3) is 5.64. The van der Waals surface area contributed by atoms with Crippen LogP contribution in [-0.4, -0.2) is 33.4 Å². The number of carbonyl (C=O) groups excluding carboxylic acids is 2. The molecule has 3 rings (SSSR count). The average molecular weight is 454 g/mol. The lowest BCUT2D eigenvalue weighted by molar-refractivity contribution is -0.117. The topological polar surface area (TPSA) is 114 Å². The van der Waals surface area contributed by atoms with Crippen molar-refractivity contribution in [3.8, 4) is 5.75 Å². The number of amides is 2. The molecule has 0 saturated heterocycles. The van der Waals surface area contributed by atoms with E-state index in [4.69, 9.17) is 4.74 Å². The lowest BCUT2D eigenvalue weighted by Gasteiger charge is -2.15. The molecule has 0 aliphatic rings. The second kappa shape index (κ2) is 9.97. The van der Waals surface area contributed by atoms with Crippen LogP contribution in [0.25, 0.3) is 0 Å². The molecule has 0 aromatic heterocycles. The smallest absolute Gasteiger partial charge is 0.262 e. The molecule has 0 bridgehead atoms. The molecule has 0 aliphatic heterocycles. The normalized spacial score (nSPS) is 11.8. The Hall–Kier alpha value is -3.85. The lowest BCUT2D eigenvalue weighted by Crippen LogP contribution is -2.41. The molecule has 0 saturated carbocycles. The quantitative estimate of drug-likeness (QED) is 0.485. The number of nitrogens with one attached hydrogen (secondary N) is 3. The Morgan fingerprint density at radius 3 is 2.31 bits per heavy atom. The SMILES string of the molecule is COc1ccccc1NS(=O)(=O)c1cccc(NC(=O)C(C)NC(=O)c2ccccc2)c1. The number of carbonyl (C=O) groups is 2. The minimum Gasteiger partial charge on any atom is -0.495 e. The van der Waals surface area contributed by atoms with Gasteiger partial charge < -0.3 is 15.4 Å².